The van der Waals surface area contributed by atoms with Gasteiger partial charge in [-0.2, -0.15) is 0 Å². The standard InChI is InChI=1S/C24H21NO4/c26-22-18-10-5-4-9-17(18)20(23(27)28)21(19-11-6-14-29-19)25(22)15-24(12-13-24)16-7-2-1-3-8-16/h1-11,14,20-21H,12-13,15H2,(H,27,28). The van der Waals surface area contributed by atoms with Gasteiger partial charge in [0.1, 0.15) is 17.7 Å². The Morgan fingerprint density at radius 3 is 2.41 bits per heavy atom. The molecule has 2 unspecified atom stereocenters. The normalized spacial score (nSPS) is 22.2. The predicted molar refractivity (Wildman–Crippen MR) is 107 cm³/mol. The molecule has 0 radical (unpaired) electrons. The fourth-order valence-electron chi connectivity index (χ4n) is 4.62. The molecule has 1 aliphatic heterocycles. The number of carboxylic acids is 1. The van der Waals surface area contributed by atoms with E-state index in [1.165, 1.54) is 11.8 Å². The second-order valence-corrected chi connectivity index (χ2v) is 7.94. The number of rotatable bonds is 5. The highest BCUT2D eigenvalue weighted by molar-refractivity contribution is 6.00. The van der Waals surface area contributed by atoms with E-state index < -0.39 is 17.9 Å². The zero-order valence-electron chi connectivity index (χ0n) is 15.8. The average Bonchev–Trinajstić information content (AvgIpc) is 3.33. The van der Waals surface area contributed by atoms with E-state index in [9.17, 15) is 14.7 Å². The zero-order valence-corrected chi connectivity index (χ0v) is 15.8. The Kier molecular flexibility index (Phi) is 4.05. The first kappa shape index (κ1) is 17.7. The van der Waals surface area contributed by atoms with Crippen LogP contribution in [0.5, 0.6) is 0 Å². The van der Waals surface area contributed by atoms with E-state index in [4.69, 9.17) is 4.42 Å². The van der Waals surface area contributed by atoms with Gasteiger partial charge in [0.2, 0.25) is 0 Å². The summed E-state index contributed by atoms with van der Waals surface area (Å²) in [5, 5.41) is 10.1. The van der Waals surface area contributed by atoms with E-state index in [0.29, 0.717) is 23.4 Å². The number of furan rings is 1. The summed E-state index contributed by atoms with van der Waals surface area (Å²) < 4.78 is 5.63. The van der Waals surface area contributed by atoms with E-state index in [0.717, 1.165) is 12.8 Å². The Morgan fingerprint density at radius 2 is 1.76 bits per heavy atom. The van der Waals surface area contributed by atoms with Gasteiger partial charge in [-0.15, -0.1) is 0 Å². The SMILES string of the molecule is O=C(O)C1c2ccccc2C(=O)N(CC2(c3ccccc3)CC2)C1c1ccco1. The first-order valence-corrected chi connectivity index (χ1v) is 9.82. The monoisotopic (exact) mass is 387 g/mol. The molecule has 1 aromatic heterocycles. The highest BCUT2D eigenvalue weighted by atomic mass is 16.4. The number of carboxylic acid groups (broad SMARTS) is 1. The van der Waals surface area contributed by atoms with Gasteiger partial charge in [0.25, 0.3) is 5.91 Å². The Hall–Kier alpha value is -3.34. The van der Waals surface area contributed by atoms with Crippen LogP contribution in [0.1, 0.15) is 52.0 Å². The Balaban J connectivity index is 1.63. The van der Waals surface area contributed by atoms with Crippen LogP contribution in [0.2, 0.25) is 0 Å². The third-order valence-electron chi connectivity index (χ3n) is 6.25. The number of aliphatic carboxylic acids is 1. The lowest BCUT2D eigenvalue weighted by atomic mass is 9.80. The second-order valence-electron chi connectivity index (χ2n) is 7.94. The lowest BCUT2D eigenvalue weighted by molar-refractivity contribution is -0.141. The fourth-order valence-corrected chi connectivity index (χ4v) is 4.62. The second kappa shape index (κ2) is 6.62. The highest BCUT2D eigenvalue weighted by Gasteiger charge is 2.52. The van der Waals surface area contributed by atoms with E-state index in [-0.39, 0.29) is 11.3 Å². The molecule has 1 aliphatic carbocycles. The molecule has 1 fully saturated rings. The Labute approximate surface area is 168 Å². The summed E-state index contributed by atoms with van der Waals surface area (Å²) in [5.74, 6) is -1.46. The number of carbonyl (C=O) groups is 2. The Bertz CT molecular complexity index is 1050. The minimum Gasteiger partial charge on any atom is -0.481 e. The average molecular weight is 387 g/mol. The van der Waals surface area contributed by atoms with Crippen molar-refractivity contribution in [2.45, 2.75) is 30.2 Å². The quantitative estimate of drug-likeness (QED) is 0.705. The molecule has 146 valence electrons. The largest absolute Gasteiger partial charge is 0.481 e. The Morgan fingerprint density at radius 1 is 1.03 bits per heavy atom. The van der Waals surface area contributed by atoms with Crippen LogP contribution in [0.4, 0.5) is 0 Å². The van der Waals surface area contributed by atoms with Gasteiger partial charge in [-0.3, -0.25) is 9.59 Å². The minimum absolute atomic E-state index is 0.128. The highest BCUT2D eigenvalue weighted by Crippen LogP contribution is 2.52. The molecule has 2 atom stereocenters. The maximum Gasteiger partial charge on any atom is 0.313 e. The molecule has 1 saturated carbocycles. The van der Waals surface area contributed by atoms with Crippen molar-refractivity contribution in [2.75, 3.05) is 6.54 Å². The molecule has 0 bridgehead atoms. The van der Waals surface area contributed by atoms with Crippen molar-refractivity contribution in [3.63, 3.8) is 0 Å². The van der Waals surface area contributed by atoms with Crippen molar-refractivity contribution >= 4 is 11.9 Å². The molecule has 0 saturated heterocycles. The van der Waals surface area contributed by atoms with Crippen molar-refractivity contribution in [3.05, 3.63) is 95.4 Å². The lowest BCUT2D eigenvalue weighted by Crippen LogP contribution is -2.47. The van der Waals surface area contributed by atoms with Crippen molar-refractivity contribution in [2.24, 2.45) is 0 Å². The van der Waals surface area contributed by atoms with Crippen LogP contribution < -0.4 is 0 Å². The van der Waals surface area contributed by atoms with E-state index in [2.05, 4.69) is 12.1 Å². The molecule has 3 aromatic rings. The van der Waals surface area contributed by atoms with Crippen molar-refractivity contribution in [1.82, 2.24) is 4.90 Å². The molecule has 0 spiro atoms. The van der Waals surface area contributed by atoms with E-state index >= 15 is 0 Å². The van der Waals surface area contributed by atoms with Crippen molar-refractivity contribution in [3.8, 4) is 0 Å². The number of hydrogen-bond donors (Lipinski definition) is 1. The summed E-state index contributed by atoms with van der Waals surface area (Å²) in [5.41, 5.74) is 2.08. The van der Waals surface area contributed by atoms with Crippen LogP contribution in [-0.2, 0) is 10.2 Å². The number of amides is 1. The van der Waals surface area contributed by atoms with Crippen molar-refractivity contribution in [1.29, 1.82) is 0 Å². The van der Waals surface area contributed by atoms with Gasteiger partial charge < -0.3 is 14.4 Å². The molecule has 5 heteroatoms. The number of nitrogens with zero attached hydrogens (tertiary/aromatic N) is 1. The third-order valence-corrected chi connectivity index (χ3v) is 6.25. The summed E-state index contributed by atoms with van der Waals surface area (Å²) in [6.45, 7) is 0.472. The summed E-state index contributed by atoms with van der Waals surface area (Å²) >= 11 is 0. The maximum absolute atomic E-state index is 13.5. The molecule has 2 heterocycles. The maximum atomic E-state index is 13.5. The summed E-state index contributed by atoms with van der Waals surface area (Å²) in [6.07, 6.45) is 3.48. The minimum atomic E-state index is -0.957. The van der Waals surface area contributed by atoms with Gasteiger partial charge in [0.05, 0.1) is 6.26 Å². The predicted octanol–water partition coefficient (Wildman–Crippen LogP) is 4.38. The molecule has 5 nitrogen and oxygen atoms in total. The number of benzene rings is 2. The molecule has 2 aliphatic rings. The number of hydrogen-bond acceptors (Lipinski definition) is 3. The van der Waals surface area contributed by atoms with Gasteiger partial charge in [-0.05, 0) is 42.2 Å². The molecule has 1 amide bonds. The molecule has 2 aromatic carbocycles. The van der Waals surface area contributed by atoms with E-state index in [1.807, 2.05) is 18.2 Å². The van der Waals surface area contributed by atoms with Gasteiger partial charge in [0, 0.05) is 17.5 Å². The lowest BCUT2D eigenvalue weighted by Gasteiger charge is -2.41. The van der Waals surface area contributed by atoms with Crippen LogP contribution in [-0.4, -0.2) is 28.4 Å². The van der Waals surface area contributed by atoms with Crippen LogP contribution >= 0.6 is 0 Å². The first-order chi connectivity index (χ1) is 14.1. The van der Waals surface area contributed by atoms with Gasteiger partial charge in [-0.1, -0.05) is 48.5 Å². The summed E-state index contributed by atoms with van der Waals surface area (Å²) in [7, 11) is 0. The number of carbonyl (C=O) groups excluding carboxylic acids is 1. The number of fused-ring (bicyclic) bond motifs is 1. The van der Waals surface area contributed by atoms with Crippen LogP contribution in [0.3, 0.4) is 0 Å². The molecular weight excluding hydrogens is 366 g/mol. The van der Waals surface area contributed by atoms with Crippen LogP contribution in [0, 0.1) is 0 Å². The summed E-state index contributed by atoms with van der Waals surface area (Å²) in [6, 6.07) is 20.0. The van der Waals surface area contributed by atoms with Gasteiger partial charge in [0.15, 0.2) is 0 Å². The molecule has 29 heavy (non-hydrogen) atoms. The topological polar surface area (TPSA) is 70.8 Å². The molecular formula is C24H21NO4. The third kappa shape index (κ3) is 2.85. The molecule has 5 rings (SSSR count). The van der Waals surface area contributed by atoms with Gasteiger partial charge in [-0.25, -0.2) is 0 Å². The zero-order chi connectivity index (χ0) is 20.0. The molecule has 1 N–H and O–H groups in total. The van der Waals surface area contributed by atoms with Gasteiger partial charge >= 0.3 is 5.97 Å². The van der Waals surface area contributed by atoms with Crippen LogP contribution in [0.15, 0.2) is 77.4 Å². The fraction of sp³-hybridized carbons (Fsp3) is 0.250. The first-order valence-electron chi connectivity index (χ1n) is 9.82. The smallest absolute Gasteiger partial charge is 0.313 e. The summed E-state index contributed by atoms with van der Waals surface area (Å²) in [4.78, 5) is 27.6. The van der Waals surface area contributed by atoms with Crippen molar-refractivity contribution < 1.29 is 19.1 Å². The van der Waals surface area contributed by atoms with E-state index in [1.54, 1.807) is 41.3 Å². The van der Waals surface area contributed by atoms with Crippen LogP contribution in [0.25, 0.3) is 0 Å².